The summed E-state index contributed by atoms with van der Waals surface area (Å²) in [5.74, 6) is 1.53. The first-order valence-electron chi connectivity index (χ1n) is 13.3. The van der Waals surface area contributed by atoms with Crippen molar-refractivity contribution in [2.24, 2.45) is 4.99 Å². The van der Waals surface area contributed by atoms with Crippen molar-refractivity contribution < 1.29 is 22.6 Å². The van der Waals surface area contributed by atoms with Crippen LogP contribution < -0.4 is 14.3 Å². The fraction of sp³-hybridized carbons (Fsp3) is 0.414. The molecule has 1 aliphatic heterocycles. The van der Waals surface area contributed by atoms with Crippen molar-refractivity contribution in [3.8, 4) is 22.8 Å². The predicted molar refractivity (Wildman–Crippen MR) is 153 cm³/mol. The molecule has 0 unspecified atom stereocenters. The number of aromatic nitrogens is 1. The number of thiazole rings is 1. The van der Waals surface area contributed by atoms with Gasteiger partial charge in [0.15, 0.2) is 4.80 Å². The molecule has 5 rings (SSSR count). The molecule has 0 spiro atoms. The Morgan fingerprint density at radius 1 is 1.03 bits per heavy atom. The number of allylic oxidation sites excluding steroid dienone is 2. The fourth-order valence-corrected chi connectivity index (χ4v) is 7.35. The maximum absolute atomic E-state index is 13.0. The van der Waals surface area contributed by atoms with Gasteiger partial charge in [0, 0.05) is 30.6 Å². The minimum Gasteiger partial charge on any atom is -0.497 e. The molecule has 0 amide bonds. The number of hydrogen-bond donors (Lipinski definition) is 0. The van der Waals surface area contributed by atoms with Crippen molar-refractivity contribution in [1.29, 1.82) is 0 Å². The Kier molecular flexibility index (Phi) is 8.86. The lowest BCUT2D eigenvalue weighted by Gasteiger charge is -2.26. The Balaban J connectivity index is 1.50. The maximum atomic E-state index is 13.0. The Hall–Kier alpha value is -2.92. The first-order chi connectivity index (χ1) is 19.0. The van der Waals surface area contributed by atoms with Gasteiger partial charge >= 0.3 is 0 Å². The van der Waals surface area contributed by atoms with E-state index in [4.69, 9.17) is 19.2 Å². The van der Waals surface area contributed by atoms with Gasteiger partial charge in [-0.25, -0.2) is 13.4 Å². The zero-order chi connectivity index (χ0) is 27.2. The van der Waals surface area contributed by atoms with Gasteiger partial charge in [-0.15, -0.1) is 11.3 Å². The van der Waals surface area contributed by atoms with Gasteiger partial charge in [0.2, 0.25) is 10.0 Å². The summed E-state index contributed by atoms with van der Waals surface area (Å²) in [6.07, 6.45) is 8.14. The molecule has 0 saturated carbocycles. The van der Waals surface area contributed by atoms with Gasteiger partial charge in [-0.2, -0.15) is 4.31 Å². The average molecular weight is 570 g/mol. The predicted octanol–water partition coefficient (Wildman–Crippen LogP) is 5.38. The largest absolute Gasteiger partial charge is 0.497 e. The van der Waals surface area contributed by atoms with E-state index >= 15 is 0 Å². The van der Waals surface area contributed by atoms with Crippen molar-refractivity contribution >= 4 is 27.0 Å². The van der Waals surface area contributed by atoms with Crippen molar-refractivity contribution in [2.45, 2.75) is 43.5 Å². The van der Waals surface area contributed by atoms with Gasteiger partial charge in [0.25, 0.3) is 0 Å². The third kappa shape index (κ3) is 6.30. The molecular formula is C29H35N3O5S2. The number of ether oxygens (including phenoxy) is 3. The van der Waals surface area contributed by atoms with E-state index in [9.17, 15) is 8.42 Å². The van der Waals surface area contributed by atoms with E-state index < -0.39 is 10.0 Å². The van der Waals surface area contributed by atoms with Crippen LogP contribution in [0.2, 0.25) is 0 Å². The Bertz CT molecular complexity index is 1480. The monoisotopic (exact) mass is 569 g/mol. The summed E-state index contributed by atoms with van der Waals surface area (Å²) in [6.45, 7) is 2.37. The summed E-state index contributed by atoms with van der Waals surface area (Å²) in [7, 11) is -0.218. The molecule has 2 aliphatic rings. The molecule has 0 N–H and O–H groups in total. The van der Waals surface area contributed by atoms with Crippen molar-refractivity contribution in [2.75, 3.05) is 40.5 Å². The lowest BCUT2D eigenvalue weighted by molar-refractivity contribution is 0.0730. The van der Waals surface area contributed by atoms with E-state index in [-0.39, 0.29) is 4.90 Å². The highest BCUT2D eigenvalue weighted by Gasteiger charge is 2.26. The Morgan fingerprint density at radius 2 is 1.82 bits per heavy atom. The highest BCUT2D eigenvalue weighted by atomic mass is 32.2. The Labute approximate surface area is 234 Å². The fourth-order valence-electron chi connectivity index (χ4n) is 4.99. The van der Waals surface area contributed by atoms with Crippen molar-refractivity contribution in [3.05, 3.63) is 64.3 Å². The van der Waals surface area contributed by atoms with Crippen LogP contribution in [0.15, 0.2) is 69.4 Å². The lowest BCUT2D eigenvalue weighted by Crippen LogP contribution is -2.40. The number of benzene rings is 2. The van der Waals surface area contributed by atoms with Gasteiger partial charge in [-0.3, -0.25) is 0 Å². The van der Waals surface area contributed by atoms with Gasteiger partial charge in [-0.1, -0.05) is 11.6 Å². The topological polar surface area (TPSA) is 82.4 Å². The quantitative estimate of drug-likeness (QED) is 0.323. The average Bonchev–Trinajstić information content (AvgIpc) is 3.38. The van der Waals surface area contributed by atoms with Gasteiger partial charge < -0.3 is 18.8 Å². The number of hydrogen-bond acceptors (Lipinski definition) is 7. The maximum Gasteiger partial charge on any atom is 0.243 e. The van der Waals surface area contributed by atoms with E-state index in [0.717, 1.165) is 53.4 Å². The third-order valence-corrected chi connectivity index (χ3v) is 9.97. The molecule has 1 aromatic heterocycles. The summed E-state index contributed by atoms with van der Waals surface area (Å²) in [5, 5.41) is 2.10. The minimum atomic E-state index is -3.55. The summed E-state index contributed by atoms with van der Waals surface area (Å²) >= 11 is 1.56. The van der Waals surface area contributed by atoms with Crippen LogP contribution in [0.25, 0.3) is 11.3 Å². The molecule has 3 aromatic rings. The number of sulfonamides is 1. The minimum absolute atomic E-state index is 0.272. The van der Waals surface area contributed by atoms with Crippen LogP contribution in [-0.4, -0.2) is 57.8 Å². The third-order valence-electron chi connectivity index (χ3n) is 7.19. The molecule has 1 aliphatic carbocycles. The van der Waals surface area contributed by atoms with E-state index in [2.05, 4.69) is 16.0 Å². The highest BCUT2D eigenvalue weighted by molar-refractivity contribution is 7.89. The van der Waals surface area contributed by atoms with Gasteiger partial charge in [0.1, 0.15) is 11.5 Å². The normalized spacial score (nSPS) is 17.2. The van der Waals surface area contributed by atoms with E-state index in [1.165, 1.54) is 22.7 Å². The van der Waals surface area contributed by atoms with E-state index in [1.54, 1.807) is 49.8 Å². The van der Waals surface area contributed by atoms with Crippen LogP contribution in [0.4, 0.5) is 5.69 Å². The van der Waals surface area contributed by atoms with Crippen molar-refractivity contribution in [3.63, 3.8) is 0 Å². The second kappa shape index (κ2) is 12.5. The molecular weight excluding hydrogens is 534 g/mol. The lowest BCUT2D eigenvalue weighted by atomic mass is 9.97. The zero-order valence-electron chi connectivity index (χ0n) is 22.5. The second-order valence-electron chi connectivity index (χ2n) is 9.60. The van der Waals surface area contributed by atoms with Crippen LogP contribution >= 0.6 is 11.3 Å². The summed E-state index contributed by atoms with van der Waals surface area (Å²) in [4.78, 5) is 6.06. The van der Waals surface area contributed by atoms with Crippen LogP contribution in [-0.2, 0) is 21.3 Å². The van der Waals surface area contributed by atoms with Crippen LogP contribution in [0.5, 0.6) is 11.5 Å². The highest BCUT2D eigenvalue weighted by Crippen LogP contribution is 2.34. The van der Waals surface area contributed by atoms with Crippen LogP contribution in [0.3, 0.4) is 0 Å². The van der Waals surface area contributed by atoms with Crippen LogP contribution in [0, 0.1) is 0 Å². The van der Waals surface area contributed by atoms with Crippen molar-refractivity contribution in [1.82, 2.24) is 8.87 Å². The van der Waals surface area contributed by atoms with E-state index in [0.29, 0.717) is 32.0 Å². The summed E-state index contributed by atoms with van der Waals surface area (Å²) < 4.78 is 46.3. The van der Waals surface area contributed by atoms with Gasteiger partial charge in [-0.05, 0) is 74.6 Å². The standard InChI is InChI=1S/C29H35N3O5S2/c1-35-24-10-13-28(36-2)26(20-24)27-21-38-29(32(27)15-14-22-6-4-3-5-7-22)30-23-8-11-25(12-9-23)39(33,34)31-16-18-37-19-17-31/h6,8-13,20-21H,3-5,7,14-19H2,1-2H3. The summed E-state index contributed by atoms with van der Waals surface area (Å²) in [5.41, 5.74) is 4.15. The molecule has 39 heavy (non-hydrogen) atoms. The molecule has 1 saturated heterocycles. The number of rotatable bonds is 9. The summed E-state index contributed by atoms with van der Waals surface area (Å²) in [6, 6.07) is 12.6. The first kappa shape index (κ1) is 27.6. The molecule has 0 atom stereocenters. The molecule has 2 aromatic carbocycles. The molecule has 0 bridgehead atoms. The SMILES string of the molecule is COc1ccc(OC)c(-c2csc(=Nc3ccc(S(=O)(=O)N4CCOCC4)cc3)n2CCC2=CCCCC2)c1. The number of morpholine rings is 1. The molecule has 10 heteroatoms. The molecule has 8 nitrogen and oxygen atoms in total. The number of methoxy groups -OCH3 is 2. The van der Waals surface area contributed by atoms with Crippen LogP contribution in [0.1, 0.15) is 32.1 Å². The zero-order valence-corrected chi connectivity index (χ0v) is 24.1. The second-order valence-corrected chi connectivity index (χ2v) is 12.4. The number of nitrogens with zero attached hydrogens (tertiary/aromatic N) is 3. The molecule has 1 fully saturated rings. The molecule has 0 radical (unpaired) electrons. The molecule has 208 valence electrons. The molecule has 2 heterocycles. The first-order valence-corrected chi connectivity index (χ1v) is 15.6. The Morgan fingerprint density at radius 3 is 2.51 bits per heavy atom. The van der Waals surface area contributed by atoms with Gasteiger partial charge in [0.05, 0.1) is 43.7 Å². The van der Waals surface area contributed by atoms with E-state index in [1.807, 2.05) is 18.2 Å². The smallest absolute Gasteiger partial charge is 0.243 e.